The summed E-state index contributed by atoms with van der Waals surface area (Å²) in [6.45, 7) is 8.48. The fraction of sp³-hybridized carbons (Fsp3) is 0.333. The molecule has 1 amide bonds. The molecule has 1 aliphatic rings. The molecule has 9 heteroatoms. The third kappa shape index (κ3) is 5.04. The molecule has 7 nitrogen and oxygen atoms in total. The lowest BCUT2D eigenvalue weighted by molar-refractivity contribution is -0.113. The fourth-order valence-corrected chi connectivity index (χ4v) is 5.93. The van der Waals surface area contributed by atoms with Crippen molar-refractivity contribution in [2.75, 3.05) is 17.7 Å². The van der Waals surface area contributed by atoms with E-state index in [1.807, 2.05) is 29.7 Å². The van der Waals surface area contributed by atoms with Crippen LogP contribution in [0.1, 0.15) is 39.7 Å². The second-order valence-electron chi connectivity index (χ2n) is 7.69. The number of anilines is 1. The zero-order chi connectivity index (χ0) is 23.4. The Balaban J connectivity index is 1.49. The number of carbonyl (C=O) groups is 2. The van der Waals surface area contributed by atoms with Crippen LogP contribution in [0.5, 0.6) is 0 Å². The average Bonchev–Trinajstić information content (AvgIpc) is 3.47. The molecule has 0 spiro atoms. The van der Waals surface area contributed by atoms with Crippen molar-refractivity contribution in [1.29, 1.82) is 0 Å². The Morgan fingerprint density at radius 3 is 2.94 bits per heavy atom. The lowest BCUT2D eigenvalue weighted by Crippen LogP contribution is -2.17. The Bertz CT molecular complexity index is 1200. The maximum atomic E-state index is 12.8. The molecule has 1 aromatic carbocycles. The molecule has 0 aliphatic heterocycles. The second-order valence-corrected chi connectivity index (χ2v) is 9.74. The number of fused-ring (bicyclic) bond motifs is 1. The molecule has 4 rings (SSSR count). The maximum absolute atomic E-state index is 12.8. The van der Waals surface area contributed by atoms with Crippen LogP contribution in [0, 0.1) is 6.92 Å². The first-order valence-electron chi connectivity index (χ1n) is 10.9. The van der Waals surface area contributed by atoms with E-state index >= 15 is 0 Å². The molecule has 172 valence electrons. The predicted molar refractivity (Wildman–Crippen MR) is 132 cm³/mol. The van der Waals surface area contributed by atoms with Gasteiger partial charge in [0.25, 0.3) is 0 Å². The standard InChI is InChI=1S/C24H26N4O3S2/c1-4-12-28-21(16-9-6-8-15(3)13-16)26-27-24(28)32-14-19(29)25-22-20(23(30)31-5-2)17-10-7-11-18(17)33-22/h4,6,8-9,13H,1,5,7,10-12,14H2,2-3H3,(H,25,29). The number of benzene rings is 1. The third-order valence-corrected chi connectivity index (χ3v) is 7.46. The van der Waals surface area contributed by atoms with Gasteiger partial charge in [0.2, 0.25) is 5.91 Å². The molecule has 1 aliphatic carbocycles. The number of nitrogens with zero attached hydrogens (tertiary/aromatic N) is 3. The van der Waals surface area contributed by atoms with Crippen LogP contribution in [0.4, 0.5) is 5.00 Å². The second kappa shape index (κ2) is 10.4. The molecule has 3 aromatic rings. The van der Waals surface area contributed by atoms with Gasteiger partial charge in [0.1, 0.15) is 5.00 Å². The van der Waals surface area contributed by atoms with Gasteiger partial charge >= 0.3 is 5.97 Å². The smallest absolute Gasteiger partial charge is 0.341 e. The number of aryl methyl sites for hydroxylation is 2. The minimum absolute atomic E-state index is 0.147. The van der Waals surface area contributed by atoms with Crippen molar-refractivity contribution < 1.29 is 14.3 Å². The topological polar surface area (TPSA) is 86.1 Å². The Kier molecular flexibility index (Phi) is 7.29. The highest BCUT2D eigenvalue weighted by atomic mass is 32.2. The molecule has 0 radical (unpaired) electrons. The first kappa shape index (κ1) is 23.3. The average molecular weight is 483 g/mol. The van der Waals surface area contributed by atoms with Crippen LogP contribution in [0.25, 0.3) is 11.4 Å². The number of allylic oxidation sites excluding steroid dienone is 1. The van der Waals surface area contributed by atoms with Crippen LogP contribution in [-0.2, 0) is 28.9 Å². The van der Waals surface area contributed by atoms with Crippen molar-refractivity contribution in [1.82, 2.24) is 14.8 Å². The monoisotopic (exact) mass is 482 g/mol. The molecular weight excluding hydrogens is 456 g/mol. The predicted octanol–water partition coefficient (Wildman–Crippen LogP) is 4.90. The van der Waals surface area contributed by atoms with Crippen LogP contribution in [0.15, 0.2) is 42.1 Å². The molecular formula is C24H26N4O3S2. The van der Waals surface area contributed by atoms with E-state index in [1.165, 1.54) is 23.1 Å². The van der Waals surface area contributed by atoms with E-state index in [9.17, 15) is 9.59 Å². The summed E-state index contributed by atoms with van der Waals surface area (Å²) in [4.78, 5) is 26.5. The summed E-state index contributed by atoms with van der Waals surface area (Å²) in [5.41, 5.74) is 3.64. The van der Waals surface area contributed by atoms with Gasteiger partial charge in [-0.15, -0.1) is 28.1 Å². The fourth-order valence-electron chi connectivity index (χ4n) is 3.89. The Morgan fingerprint density at radius 1 is 1.33 bits per heavy atom. The van der Waals surface area contributed by atoms with Crippen LogP contribution < -0.4 is 5.32 Å². The number of thioether (sulfide) groups is 1. The van der Waals surface area contributed by atoms with Gasteiger partial charge in [-0.25, -0.2) is 4.79 Å². The van der Waals surface area contributed by atoms with E-state index in [0.29, 0.717) is 28.9 Å². The van der Waals surface area contributed by atoms with Gasteiger partial charge < -0.3 is 10.1 Å². The van der Waals surface area contributed by atoms with E-state index in [2.05, 4.69) is 28.2 Å². The van der Waals surface area contributed by atoms with E-state index in [1.54, 1.807) is 13.0 Å². The first-order chi connectivity index (χ1) is 16.0. The molecule has 33 heavy (non-hydrogen) atoms. The van der Waals surface area contributed by atoms with Crippen LogP contribution in [0.3, 0.4) is 0 Å². The molecule has 0 fully saturated rings. The lowest BCUT2D eigenvalue weighted by Gasteiger charge is -2.09. The van der Waals surface area contributed by atoms with Gasteiger partial charge in [0.15, 0.2) is 11.0 Å². The number of hydrogen-bond donors (Lipinski definition) is 1. The number of esters is 1. The lowest BCUT2D eigenvalue weighted by atomic mass is 10.1. The van der Waals surface area contributed by atoms with Gasteiger partial charge in [0, 0.05) is 17.0 Å². The SMILES string of the molecule is C=CCn1c(SCC(=O)Nc2sc3c(c2C(=O)OCC)CCC3)nnc1-c1cccc(C)c1. The highest BCUT2D eigenvalue weighted by Crippen LogP contribution is 2.39. The van der Waals surface area contributed by atoms with E-state index in [-0.39, 0.29) is 17.6 Å². The van der Waals surface area contributed by atoms with E-state index in [0.717, 1.165) is 46.7 Å². The van der Waals surface area contributed by atoms with E-state index in [4.69, 9.17) is 4.74 Å². The van der Waals surface area contributed by atoms with Crippen molar-refractivity contribution in [2.45, 2.75) is 44.8 Å². The Labute approximate surface area is 201 Å². The quantitative estimate of drug-likeness (QED) is 0.265. The highest BCUT2D eigenvalue weighted by Gasteiger charge is 2.28. The van der Waals surface area contributed by atoms with Crippen LogP contribution >= 0.6 is 23.1 Å². The van der Waals surface area contributed by atoms with Crippen molar-refractivity contribution in [3.8, 4) is 11.4 Å². The van der Waals surface area contributed by atoms with Gasteiger partial charge in [0.05, 0.1) is 17.9 Å². The molecule has 0 bridgehead atoms. The largest absolute Gasteiger partial charge is 0.462 e. The summed E-state index contributed by atoms with van der Waals surface area (Å²) >= 11 is 2.79. The Morgan fingerprint density at radius 2 is 2.18 bits per heavy atom. The van der Waals surface area contributed by atoms with Gasteiger partial charge in [-0.2, -0.15) is 0 Å². The summed E-state index contributed by atoms with van der Waals surface area (Å²) < 4.78 is 7.19. The molecule has 0 saturated carbocycles. The maximum Gasteiger partial charge on any atom is 0.341 e. The summed E-state index contributed by atoms with van der Waals surface area (Å²) in [6.07, 6.45) is 4.59. The number of amides is 1. The number of ether oxygens (including phenoxy) is 1. The molecule has 0 saturated heterocycles. The third-order valence-electron chi connectivity index (χ3n) is 5.29. The van der Waals surface area contributed by atoms with Crippen molar-refractivity contribution in [2.24, 2.45) is 0 Å². The molecule has 0 unspecified atom stereocenters. The zero-order valence-corrected chi connectivity index (χ0v) is 20.4. The van der Waals surface area contributed by atoms with Gasteiger partial charge in [-0.1, -0.05) is 41.6 Å². The molecule has 2 heterocycles. The number of rotatable bonds is 9. The zero-order valence-electron chi connectivity index (χ0n) is 18.7. The number of carbonyl (C=O) groups excluding carboxylic acids is 2. The minimum Gasteiger partial charge on any atom is -0.462 e. The minimum atomic E-state index is -0.367. The summed E-state index contributed by atoms with van der Waals surface area (Å²) in [5.74, 6) is 0.318. The number of nitrogens with one attached hydrogen (secondary N) is 1. The van der Waals surface area contributed by atoms with Crippen LogP contribution in [-0.4, -0.2) is 39.0 Å². The van der Waals surface area contributed by atoms with Gasteiger partial charge in [-0.05, 0) is 44.7 Å². The molecule has 1 N–H and O–H groups in total. The Hall–Kier alpha value is -2.91. The summed E-state index contributed by atoms with van der Waals surface area (Å²) in [5, 5.41) is 12.8. The number of hydrogen-bond acceptors (Lipinski definition) is 7. The molecule has 2 aromatic heterocycles. The van der Waals surface area contributed by atoms with Crippen LogP contribution in [0.2, 0.25) is 0 Å². The number of thiophene rings is 1. The molecule has 0 atom stereocenters. The van der Waals surface area contributed by atoms with Crippen molar-refractivity contribution >= 4 is 40.0 Å². The normalized spacial score (nSPS) is 12.4. The van der Waals surface area contributed by atoms with Crippen molar-refractivity contribution in [3.63, 3.8) is 0 Å². The summed E-state index contributed by atoms with van der Waals surface area (Å²) in [7, 11) is 0. The highest BCUT2D eigenvalue weighted by molar-refractivity contribution is 7.99. The first-order valence-corrected chi connectivity index (χ1v) is 12.7. The van der Waals surface area contributed by atoms with Gasteiger partial charge in [-0.3, -0.25) is 9.36 Å². The number of aromatic nitrogens is 3. The summed E-state index contributed by atoms with van der Waals surface area (Å²) in [6, 6.07) is 8.06. The van der Waals surface area contributed by atoms with E-state index < -0.39 is 0 Å². The van der Waals surface area contributed by atoms with Crippen molar-refractivity contribution in [3.05, 3.63) is 58.5 Å².